The third-order valence-electron chi connectivity index (χ3n) is 2.97. The van der Waals surface area contributed by atoms with E-state index >= 15 is 0 Å². The van der Waals surface area contributed by atoms with Gasteiger partial charge in [0.2, 0.25) is 0 Å². The number of nitrogens with zero attached hydrogens (tertiary/aromatic N) is 2. The van der Waals surface area contributed by atoms with E-state index < -0.39 is 11.8 Å². The summed E-state index contributed by atoms with van der Waals surface area (Å²) in [7, 11) is 0. The van der Waals surface area contributed by atoms with Crippen molar-refractivity contribution < 1.29 is 14.0 Å². The first-order valence-electron chi connectivity index (χ1n) is 5.82. The van der Waals surface area contributed by atoms with Gasteiger partial charge >= 0.3 is 0 Å². The van der Waals surface area contributed by atoms with Gasteiger partial charge < -0.3 is 4.42 Å². The molecule has 0 bridgehead atoms. The lowest BCUT2D eigenvalue weighted by Crippen LogP contribution is -2.42. The van der Waals surface area contributed by atoms with Crippen LogP contribution in [0, 0.1) is 11.3 Å². The Bertz CT molecular complexity index is 630. The second-order valence-electron chi connectivity index (χ2n) is 4.04. The Hall–Kier alpha value is -2.61. The Kier molecular flexibility index (Phi) is 3.34. The molecule has 0 fully saturated rings. The zero-order valence-corrected chi connectivity index (χ0v) is 10.6. The maximum Gasteiger partial charge on any atom is 0.271 e. The van der Waals surface area contributed by atoms with Crippen LogP contribution in [0.25, 0.3) is 6.08 Å². The third-order valence-corrected chi connectivity index (χ3v) is 2.97. The lowest BCUT2D eigenvalue weighted by Gasteiger charge is -2.25. The van der Waals surface area contributed by atoms with Gasteiger partial charge in [0, 0.05) is 12.1 Å². The third kappa shape index (κ3) is 2.08. The van der Waals surface area contributed by atoms with E-state index in [4.69, 9.17) is 9.68 Å². The monoisotopic (exact) mass is 256 g/mol. The zero-order valence-electron chi connectivity index (χ0n) is 10.6. The predicted octanol–water partition coefficient (Wildman–Crippen LogP) is 1.89. The number of carbonyl (C=O) groups is 2. The molecule has 2 heterocycles. The van der Waals surface area contributed by atoms with Gasteiger partial charge in [0.25, 0.3) is 11.8 Å². The molecule has 1 aliphatic rings. The lowest BCUT2D eigenvalue weighted by atomic mass is 9.95. The molecule has 96 valence electrons. The van der Waals surface area contributed by atoms with Crippen LogP contribution < -0.4 is 0 Å². The van der Waals surface area contributed by atoms with Gasteiger partial charge in [-0.3, -0.25) is 14.5 Å². The van der Waals surface area contributed by atoms with Crippen LogP contribution >= 0.6 is 0 Å². The molecular weight excluding hydrogens is 244 g/mol. The van der Waals surface area contributed by atoms with Gasteiger partial charge in [0.15, 0.2) is 0 Å². The number of likely N-dealkylation sites (N-methyl/N-ethyl adjacent to an activating group) is 1. The van der Waals surface area contributed by atoms with E-state index in [0.29, 0.717) is 16.9 Å². The summed E-state index contributed by atoms with van der Waals surface area (Å²) >= 11 is 0. The van der Waals surface area contributed by atoms with Crippen LogP contribution in [0.5, 0.6) is 0 Å². The Morgan fingerprint density at radius 2 is 2.16 bits per heavy atom. The molecule has 1 aliphatic heterocycles. The van der Waals surface area contributed by atoms with E-state index in [1.54, 1.807) is 32.1 Å². The van der Waals surface area contributed by atoms with Crippen LogP contribution in [0.4, 0.5) is 0 Å². The molecule has 2 rings (SSSR count). The first kappa shape index (κ1) is 12.8. The first-order valence-corrected chi connectivity index (χ1v) is 5.82. The fraction of sp³-hybridized carbons (Fsp3) is 0.214. The van der Waals surface area contributed by atoms with Crippen LogP contribution in [0.3, 0.4) is 0 Å². The molecule has 19 heavy (non-hydrogen) atoms. The molecule has 0 unspecified atom stereocenters. The van der Waals surface area contributed by atoms with E-state index in [0.717, 1.165) is 4.90 Å². The minimum atomic E-state index is -0.538. The van der Waals surface area contributed by atoms with Crippen LogP contribution in [0.1, 0.15) is 19.6 Å². The van der Waals surface area contributed by atoms with Crippen molar-refractivity contribution in [3.8, 4) is 6.07 Å². The predicted molar refractivity (Wildman–Crippen MR) is 67.4 cm³/mol. The molecule has 2 amide bonds. The molecule has 0 N–H and O–H groups in total. The molecule has 0 aliphatic carbocycles. The number of hydrogen-bond acceptors (Lipinski definition) is 4. The van der Waals surface area contributed by atoms with Gasteiger partial charge in [-0.15, -0.1) is 0 Å². The van der Waals surface area contributed by atoms with E-state index in [1.807, 2.05) is 6.07 Å². The second kappa shape index (κ2) is 4.94. The quantitative estimate of drug-likeness (QED) is 0.598. The van der Waals surface area contributed by atoms with Gasteiger partial charge in [-0.05, 0) is 37.6 Å². The van der Waals surface area contributed by atoms with Crippen LogP contribution in [-0.4, -0.2) is 23.3 Å². The molecule has 0 spiro atoms. The molecule has 0 saturated carbocycles. The standard InChI is InChI=1S/C14H12N2O3/c1-3-16-13(17)11(7-10-5-4-6-19-10)9(2)12(8-15)14(16)18/h4-7H,3H2,1-2H3/b11-7+. The van der Waals surface area contributed by atoms with E-state index in [-0.39, 0.29) is 12.1 Å². The summed E-state index contributed by atoms with van der Waals surface area (Å²) in [5.41, 5.74) is 0.700. The van der Waals surface area contributed by atoms with Gasteiger partial charge in [-0.2, -0.15) is 5.26 Å². The van der Waals surface area contributed by atoms with Crippen molar-refractivity contribution in [2.75, 3.05) is 6.54 Å². The summed E-state index contributed by atoms with van der Waals surface area (Å²) in [5, 5.41) is 9.06. The van der Waals surface area contributed by atoms with Crippen molar-refractivity contribution in [1.82, 2.24) is 4.90 Å². The van der Waals surface area contributed by atoms with E-state index in [9.17, 15) is 9.59 Å². The minimum Gasteiger partial charge on any atom is -0.465 e. The SMILES string of the molecule is CCN1C(=O)C(C#N)=C(C)/C(=C\c2ccco2)C1=O. The van der Waals surface area contributed by atoms with Gasteiger partial charge in [0.1, 0.15) is 17.4 Å². The number of nitriles is 1. The summed E-state index contributed by atoms with van der Waals surface area (Å²) in [5.74, 6) is -0.435. The molecule has 0 radical (unpaired) electrons. The highest BCUT2D eigenvalue weighted by molar-refractivity contribution is 6.19. The number of carbonyl (C=O) groups excluding carboxylic acids is 2. The van der Waals surface area contributed by atoms with Crippen molar-refractivity contribution >= 4 is 17.9 Å². The normalized spacial score (nSPS) is 18.2. The van der Waals surface area contributed by atoms with Gasteiger partial charge in [-0.25, -0.2) is 0 Å². The molecule has 0 atom stereocenters. The van der Waals surface area contributed by atoms with Crippen molar-refractivity contribution in [1.29, 1.82) is 5.26 Å². The fourth-order valence-electron chi connectivity index (χ4n) is 1.93. The number of hydrogen-bond donors (Lipinski definition) is 0. The molecular formula is C14H12N2O3. The Labute approximate surface area is 110 Å². The number of furan rings is 1. The van der Waals surface area contributed by atoms with Crippen molar-refractivity contribution in [2.24, 2.45) is 0 Å². The molecule has 5 nitrogen and oxygen atoms in total. The van der Waals surface area contributed by atoms with Gasteiger partial charge in [-0.1, -0.05) is 0 Å². The molecule has 0 aromatic carbocycles. The topological polar surface area (TPSA) is 74.3 Å². The van der Waals surface area contributed by atoms with Crippen LogP contribution in [0.2, 0.25) is 0 Å². The highest BCUT2D eigenvalue weighted by atomic mass is 16.3. The largest absolute Gasteiger partial charge is 0.465 e. The van der Waals surface area contributed by atoms with Crippen molar-refractivity contribution in [3.63, 3.8) is 0 Å². The Balaban J connectivity index is 2.59. The van der Waals surface area contributed by atoms with Crippen LogP contribution in [-0.2, 0) is 9.59 Å². The molecule has 1 aromatic rings. The Morgan fingerprint density at radius 3 is 2.68 bits per heavy atom. The summed E-state index contributed by atoms with van der Waals surface area (Å²) in [6.07, 6.45) is 3.04. The minimum absolute atomic E-state index is 0.000689. The maximum absolute atomic E-state index is 12.2. The number of rotatable bonds is 2. The van der Waals surface area contributed by atoms with E-state index in [1.165, 1.54) is 6.26 Å². The maximum atomic E-state index is 12.2. The summed E-state index contributed by atoms with van der Waals surface area (Å²) in [6, 6.07) is 5.26. The highest BCUT2D eigenvalue weighted by Gasteiger charge is 2.34. The first-order chi connectivity index (χ1) is 9.10. The van der Waals surface area contributed by atoms with Crippen molar-refractivity contribution in [2.45, 2.75) is 13.8 Å². The smallest absolute Gasteiger partial charge is 0.271 e. The molecule has 0 saturated heterocycles. The van der Waals surface area contributed by atoms with Crippen molar-refractivity contribution in [3.05, 3.63) is 40.9 Å². The second-order valence-corrected chi connectivity index (χ2v) is 4.04. The molecule has 1 aromatic heterocycles. The lowest BCUT2D eigenvalue weighted by molar-refractivity contribution is -0.140. The zero-order chi connectivity index (χ0) is 14.0. The Morgan fingerprint density at radius 1 is 1.42 bits per heavy atom. The molecule has 5 heteroatoms. The fourth-order valence-corrected chi connectivity index (χ4v) is 1.93. The number of imide groups is 1. The average Bonchev–Trinajstić information content (AvgIpc) is 2.88. The van der Waals surface area contributed by atoms with E-state index in [2.05, 4.69) is 0 Å². The summed E-state index contributed by atoms with van der Waals surface area (Å²) in [4.78, 5) is 25.2. The van der Waals surface area contributed by atoms with Crippen LogP contribution in [0.15, 0.2) is 39.5 Å². The summed E-state index contributed by atoms with van der Waals surface area (Å²) in [6.45, 7) is 3.51. The summed E-state index contributed by atoms with van der Waals surface area (Å²) < 4.78 is 5.16. The number of amides is 2. The van der Waals surface area contributed by atoms with Gasteiger partial charge in [0.05, 0.1) is 6.26 Å². The highest BCUT2D eigenvalue weighted by Crippen LogP contribution is 2.26. The average molecular weight is 256 g/mol.